The number of amides is 1. The summed E-state index contributed by atoms with van der Waals surface area (Å²) in [6.07, 6.45) is 6.92. The summed E-state index contributed by atoms with van der Waals surface area (Å²) in [6, 6.07) is 3.74. The lowest BCUT2D eigenvalue weighted by molar-refractivity contribution is -0.119. The highest BCUT2D eigenvalue weighted by atomic mass is 32.2. The first kappa shape index (κ1) is 12.6. The van der Waals surface area contributed by atoms with Crippen LogP contribution in [0.5, 0.6) is 0 Å². The SMILES string of the molecule is CC(NC(=O)CSc1ccncc1)c1cn[nH]c1. The van der Waals surface area contributed by atoms with Crippen molar-refractivity contribution in [2.45, 2.75) is 17.9 Å². The van der Waals surface area contributed by atoms with Crippen LogP contribution in [0.3, 0.4) is 0 Å². The molecule has 6 heteroatoms. The van der Waals surface area contributed by atoms with Gasteiger partial charge in [0.05, 0.1) is 18.0 Å². The largest absolute Gasteiger partial charge is 0.349 e. The number of pyridine rings is 1. The van der Waals surface area contributed by atoms with E-state index in [9.17, 15) is 4.79 Å². The molecule has 2 rings (SSSR count). The number of nitrogens with zero attached hydrogens (tertiary/aromatic N) is 2. The molecule has 0 saturated carbocycles. The molecule has 0 bridgehead atoms. The number of aromatic nitrogens is 3. The zero-order valence-electron chi connectivity index (χ0n) is 9.96. The predicted octanol–water partition coefficient (Wildman–Crippen LogP) is 1.77. The van der Waals surface area contributed by atoms with Gasteiger partial charge in [0.25, 0.3) is 0 Å². The van der Waals surface area contributed by atoms with Crippen molar-refractivity contribution in [3.63, 3.8) is 0 Å². The second-order valence-corrected chi connectivity index (χ2v) is 4.84. The summed E-state index contributed by atoms with van der Waals surface area (Å²) < 4.78 is 0. The predicted molar refractivity (Wildman–Crippen MR) is 70.1 cm³/mol. The summed E-state index contributed by atoms with van der Waals surface area (Å²) in [4.78, 5) is 16.7. The van der Waals surface area contributed by atoms with Crippen LogP contribution in [0, 0.1) is 0 Å². The van der Waals surface area contributed by atoms with Gasteiger partial charge in [0, 0.05) is 29.0 Å². The monoisotopic (exact) mass is 262 g/mol. The maximum atomic E-state index is 11.7. The van der Waals surface area contributed by atoms with Crippen LogP contribution >= 0.6 is 11.8 Å². The molecule has 5 nitrogen and oxygen atoms in total. The fraction of sp³-hybridized carbons (Fsp3) is 0.250. The molecule has 94 valence electrons. The van der Waals surface area contributed by atoms with Gasteiger partial charge in [0.15, 0.2) is 0 Å². The van der Waals surface area contributed by atoms with Crippen LogP contribution in [-0.2, 0) is 4.79 Å². The Morgan fingerprint density at radius 1 is 1.50 bits per heavy atom. The minimum atomic E-state index is -0.0331. The topological polar surface area (TPSA) is 70.7 Å². The number of hydrogen-bond donors (Lipinski definition) is 2. The smallest absolute Gasteiger partial charge is 0.230 e. The molecule has 1 amide bonds. The Kier molecular flexibility index (Phi) is 4.35. The molecule has 0 radical (unpaired) electrons. The lowest BCUT2D eigenvalue weighted by atomic mass is 10.2. The zero-order chi connectivity index (χ0) is 12.8. The van der Waals surface area contributed by atoms with Crippen LogP contribution < -0.4 is 5.32 Å². The average Bonchev–Trinajstić information content (AvgIpc) is 2.91. The molecule has 18 heavy (non-hydrogen) atoms. The van der Waals surface area contributed by atoms with E-state index >= 15 is 0 Å². The fourth-order valence-corrected chi connectivity index (χ4v) is 2.14. The van der Waals surface area contributed by atoms with Gasteiger partial charge < -0.3 is 5.32 Å². The van der Waals surface area contributed by atoms with E-state index in [0.29, 0.717) is 5.75 Å². The van der Waals surface area contributed by atoms with E-state index in [0.717, 1.165) is 10.5 Å². The average molecular weight is 262 g/mol. The highest BCUT2D eigenvalue weighted by Crippen LogP contribution is 2.16. The van der Waals surface area contributed by atoms with Crippen molar-refractivity contribution in [3.8, 4) is 0 Å². The Labute approximate surface area is 109 Å². The third-order valence-corrected chi connectivity index (χ3v) is 3.43. The van der Waals surface area contributed by atoms with Gasteiger partial charge in [-0.3, -0.25) is 14.9 Å². The summed E-state index contributed by atoms with van der Waals surface area (Å²) in [5.74, 6) is 0.400. The molecule has 0 aliphatic heterocycles. The summed E-state index contributed by atoms with van der Waals surface area (Å²) >= 11 is 1.49. The van der Waals surface area contributed by atoms with Crippen LogP contribution in [0.1, 0.15) is 18.5 Å². The Hall–Kier alpha value is -1.82. The lowest BCUT2D eigenvalue weighted by Crippen LogP contribution is -2.27. The number of carbonyl (C=O) groups is 1. The molecule has 2 heterocycles. The summed E-state index contributed by atoms with van der Waals surface area (Å²) in [6.45, 7) is 1.93. The molecule has 0 aliphatic carbocycles. The minimum Gasteiger partial charge on any atom is -0.349 e. The summed E-state index contributed by atoms with van der Waals surface area (Å²) in [7, 11) is 0. The van der Waals surface area contributed by atoms with Crippen molar-refractivity contribution >= 4 is 17.7 Å². The van der Waals surface area contributed by atoms with Gasteiger partial charge in [-0.05, 0) is 19.1 Å². The lowest BCUT2D eigenvalue weighted by Gasteiger charge is -2.11. The fourth-order valence-electron chi connectivity index (χ4n) is 1.45. The van der Waals surface area contributed by atoms with Gasteiger partial charge >= 0.3 is 0 Å². The van der Waals surface area contributed by atoms with Gasteiger partial charge in [-0.2, -0.15) is 5.10 Å². The van der Waals surface area contributed by atoms with Crippen molar-refractivity contribution < 1.29 is 4.79 Å². The van der Waals surface area contributed by atoms with Gasteiger partial charge in [0.1, 0.15) is 0 Å². The van der Waals surface area contributed by atoms with Gasteiger partial charge in [-0.1, -0.05) is 0 Å². The molecule has 0 aromatic carbocycles. The minimum absolute atomic E-state index is 0.00510. The number of rotatable bonds is 5. The standard InChI is InChI=1S/C12H14N4OS/c1-9(10-6-14-15-7-10)16-12(17)8-18-11-2-4-13-5-3-11/h2-7,9H,8H2,1H3,(H,14,15)(H,16,17). The van der Waals surface area contributed by atoms with E-state index in [4.69, 9.17) is 0 Å². The van der Waals surface area contributed by atoms with Crippen LogP contribution in [0.25, 0.3) is 0 Å². The second-order valence-electron chi connectivity index (χ2n) is 3.79. The van der Waals surface area contributed by atoms with Crippen LogP contribution in [0.15, 0.2) is 41.8 Å². The first-order valence-electron chi connectivity index (χ1n) is 5.56. The quantitative estimate of drug-likeness (QED) is 0.806. The molecule has 0 aliphatic rings. The molecule has 0 spiro atoms. The van der Waals surface area contributed by atoms with E-state index in [1.165, 1.54) is 11.8 Å². The Bertz CT molecular complexity index is 486. The molecule has 1 atom stereocenters. The van der Waals surface area contributed by atoms with Crippen LogP contribution in [0.4, 0.5) is 0 Å². The summed E-state index contributed by atoms with van der Waals surface area (Å²) in [5, 5.41) is 9.50. The van der Waals surface area contributed by atoms with Crippen molar-refractivity contribution in [1.82, 2.24) is 20.5 Å². The maximum absolute atomic E-state index is 11.7. The van der Waals surface area contributed by atoms with Crippen LogP contribution in [-0.4, -0.2) is 26.8 Å². The Morgan fingerprint density at radius 2 is 2.28 bits per heavy atom. The molecule has 2 N–H and O–H groups in total. The normalized spacial score (nSPS) is 12.1. The second kappa shape index (κ2) is 6.20. The first-order valence-corrected chi connectivity index (χ1v) is 6.55. The Morgan fingerprint density at radius 3 is 2.94 bits per heavy atom. The number of H-pyrrole nitrogens is 1. The zero-order valence-corrected chi connectivity index (χ0v) is 10.8. The van der Waals surface area contributed by atoms with Crippen molar-refractivity contribution in [2.75, 3.05) is 5.75 Å². The van der Waals surface area contributed by atoms with E-state index in [2.05, 4.69) is 20.5 Å². The number of thioether (sulfide) groups is 1. The maximum Gasteiger partial charge on any atom is 0.230 e. The van der Waals surface area contributed by atoms with Crippen LogP contribution in [0.2, 0.25) is 0 Å². The van der Waals surface area contributed by atoms with Gasteiger partial charge in [-0.15, -0.1) is 11.8 Å². The van der Waals surface area contributed by atoms with E-state index < -0.39 is 0 Å². The Balaban J connectivity index is 1.79. The summed E-state index contributed by atoms with van der Waals surface area (Å²) in [5.41, 5.74) is 0.970. The highest BCUT2D eigenvalue weighted by molar-refractivity contribution is 8.00. The van der Waals surface area contributed by atoms with Gasteiger partial charge in [-0.25, -0.2) is 0 Å². The molecule has 0 saturated heterocycles. The number of aromatic amines is 1. The van der Waals surface area contributed by atoms with E-state index in [1.807, 2.05) is 19.1 Å². The third-order valence-electron chi connectivity index (χ3n) is 2.42. The molecular formula is C12H14N4OS. The molecule has 2 aromatic rings. The highest BCUT2D eigenvalue weighted by Gasteiger charge is 2.10. The third kappa shape index (κ3) is 3.59. The van der Waals surface area contributed by atoms with E-state index in [-0.39, 0.29) is 11.9 Å². The van der Waals surface area contributed by atoms with Crippen molar-refractivity contribution in [2.24, 2.45) is 0 Å². The number of hydrogen-bond acceptors (Lipinski definition) is 4. The van der Waals surface area contributed by atoms with Gasteiger partial charge in [0.2, 0.25) is 5.91 Å². The van der Waals surface area contributed by atoms with Crippen molar-refractivity contribution in [1.29, 1.82) is 0 Å². The molecular weight excluding hydrogens is 248 g/mol. The molecule has 2 aromatic heterocycles. The number of carbonyl (C=O) groups excluding carboxylic acids is 1. The molecule has 0 fully saturated rings. The number of nitrogens with one attached hydrogen (secondary N) is 2. The van der Waals surface area contributed by atoms with E-state index in [1.54, 1.807) is 24.8 Å². The molecule has 1 unspecified atom stereocenters. The van der Waals surface area contributed by atoms with Crippen molar-refractivity contribution in [3.05, 3.63) is 42.5 Å². The first-order chi connectivity index (χ1) is 8.75.